The number of hydrogen-bond acceptors (Lipinski definition) is 1. The first kappa shape index (κ1) is 6.59. The van der Waals surface area contributed by atoms with Crippen LogP contribution >= 0.6 is 0 Å². The third-order valence-corrected chi connectivity index (χ3v) is 1.74. The third kappa shape index (κ3) is 2.04. The van der Waals surface area contributed by atoms with Gasteiger partial charge in [-0.2, -0.15) is 0 Å². The van der Waals surface area contributed by atoms with Crippen LogP contribution in [0.3, 0.4) is 0 Å². The lowest BCUT2D eigenvalue weighted by molar-refractivity contribution is -0.138. The van der Waals surface area contributed by atoms with Crippen LogP contribution in [0.5, 0.6) is 0 Å². The van der Waals surface area contributed by atoms with Crippen LogP contribution in [0, 0.1) is 12.3 Å². The van der Waals surface area contributed by atoms with Crippen LogP contribution in [-0.2, 0) is 4.79 Å². The molecule has 1 aliphatic rings. The minimum atomic E-state index is -0.657. The molecule has 1 unspecified atom stereocenters. The maximum Gasteiger partial charge on any atom is 0.303 e. The molecule has 0 aromatic heterocycles. The van der Waals surface area contributed by atoms with Crippen molar-refractivity contribution in [3.05, 3.63) is 6.42 Å². The molecule has 0 aliphatic heterocycles. The number of carboxylic acid groups (broad SMARTS) is 1. The van der Waals surface area contributed by atoms with Crippen LogP contribution < -0.4 is 0 Å². The summed E-state index contributed by atoms with van der Waals surface area (Å²) in [6.45, 7) is 0. The molecule has 1 saturated carbocycles. The van der Waals surface area contributed by atoms with Crippen molar-refractivity contribution in [3.63, 3.8) is 0 Å². The zero-order chi connectivity index (χ0) is 6.69. The van der Waals surface area contributed by atoms with Gasteiger partial charge in [0.15, 0.2) is 0 Å². The molecule has 1 atom stereocenters. The van der Waals surface area contributed by atoms with Gasteiger partial charge in [0.25, 0.3) is 0 Å². The molecule has 1 aliphatic carbocycles. The zero-order valence-corrected chi connectivity index (χ0v) is 5.34. The lowest BCUT2D eigenvalue weighted by atomic mass is 10.1. The number of aliphatic carboxylic acids is 1. The summed E-state index contributed by atoms with van der Waals surface area (Å²) in [6.07, 6.45) is 5.72. The molecule has 0 spiro atoms. The first-order chi connectivity index (χ1) is 4.29. The van der Waals surface area contributed by atoms with Crippen LogP contribution in [0.25, 0.3) is 0 Å². The summed E-state index contributed by atoms with van der Waals surface area (Å²) in [4.78, 5) is 10.1. The van der Waals surface area contributed by atoms with Crippen molar-refractivity contribution in [2.45, 2.75) is 25.7 Å². The Hall–Kier alpha value is -0.530. The molecule has 1 radical (unpaired) electrons. The van der Waals surface area contributed by atoms with E-state index in [0.29, 0.717) is 12.3 Å². The SMILES string of the molecule is O=C(O)CC1C[CH]CC1. The van der Waals surface area contributed by atoms with E-state index in [0.717, 1.165) is 19.3 Å². The molecule has 1 rings (SSSR count). The summed E-state index contributed by atoms with van der Waals surface area (Å²) in [5.41, 5.74) is 0. The van der Waals surface area contributed by atoms with Crippen molar-refractivity contribution in [3.8, 4) is 0 Å². The molecule has 0 aromatic carbocycles. The van der Waals surface area contributed by atoms with E-state index in [4.69, 9.17) is 5.11 Å². The van der Waals surface area contributed by atoms with Gasteiger partial charge in [-0.15, -0.1) is 0 Å². The van der Waals surface area contributed by atoms with Gasteiger partial charge in [-0.25, -0.2) is 0 Å². The summed E-state index contributed by atoms with van der Waals surface area (Å²) in [7, 11) is 0. The quantitative estimate of drug-likeness (QED) is 0.609. The largest absolute Gasteiger partial charge is 0.481 e. The predicted octanol–water partition coefficient (Wildman–Crippen LogP) is 1.47. The van der Waals surface area contributed by atoms with Crippen molar-refractivity contribution in [2.75, 3.05) is 0 Å². The Bertz CT molecular complexity index is 103. The van der Waals surface area contributed by atoms with Crippen LogP contribution in [0.15, 0.2) is 0 Å². The molecular weight excluding hydrogens is 116 g/mol. The molecule has 51 valence electrons. The second-order valence-corrected chi connectivity index (χ2v) is 2.57. The maximum absolute atomic E-state index is 10.1. The Balaban J connectivity index is 2.19. The van der Waals surface area contributed by atoms with Gasteiger partial charge in [-0.05, 0) is 31.6 Å². The van der Waals surface area contributed by atoms with Gasteiger partial charge in [-0.3, -0.25) is 4.79 Å². The highest BCUT2D eigenvalue weighted by atomic mass is 16.4. The zero-order valence-electron chi connectivity index (χ0n) is 5.34. The summed E-state index contributed by atoms with van der Waals surface area (Å²) >= 11 is 0. The van der Waals surface area contributed by atoms with Gasteiger partial charge in [0, 0.05) is 6.42 Å². The van der Waals surface area contributed by atoms with Crippen LogP contribution in [-0.4, -0.2) is 11.1 Å². The normalized spacial score (nSPS) is 20.4. The second kappa shape index (κ2) is 2.85. The Morgan fingerprint density at radius 3 is 3.00 bits per heavy atom. The summed E-state index contributed by atoms with van der Waals surface area (Å²) in [5.74, 6) is -0.224. The van der Waals surface area contributed by atoms with Crippen LogP contribution in [0.1, 0.15) is 25.7 Å². The number of carbonyl (C=O) groups is 1. The summed E-state index contributed by atoms with van der Waals surface area (Å²) in [6, 6.07) is 0. The monoisotopic (exact) mass is 127 g/mol. The van der Waals surface area contributed by atoms with E-state index in [1.165, 1.54) is 0 Å². The van der Waals surface area contributed by atoms with E-state index in [1.54, 1.807) is 0 Å². The van der Waals surface area contributed by atoms with E-state index >= 15 is 0 Å². The minimum absolute atomic E-state index is 0.358. The van der Waals surface area contributed by atoms with Gasteiger partial charge in [0.05, 0.1) is 0 Å². The van der Waals surface area contributed by atoms with Gasteiger partial charge < -0.3 is 5.11 Å². The fourth-order valence-corrected chi connectivity index (χ4v) is 1.26. The Kier molecular flexibility index (Phi) is 2.09. The van der Waals surface area contributed by atoms with Gasteiger partial charge in [0.2, 0.25) is 0 Å². The highest BCUT2D eigenvalue weighted by Crippen LogP contribution is 2.26. The first-order valence-electron chi connectivity index (χ1n) is 3.32. The van der Waals surface area contributed by atoms with Crippen molar-refractivity contribution < 1.29 is 9.90 Å². The molecular formula is C7H11O2. The van der Waals surface area contributed by atoms with E-state index in [9.17, 15) is 4.79 Å². The summed E-state index contributed by atoms with van der Waals surface area (Å²) < 4.78 is 0. The molecule has 0 amide bonds. The van der Waals surface area contributed by atoms with E-state index in [2.05, 4.69) is 6.42 Å². The van der Waals surface area contributed by atoms with E-state index in [-0.39, 0.29) is 0 Å². The first-order valence-corrected chi connectivity index (χ1v) is 3.32. The third-order valence-electron chi connectivity index (χ3n) is 1.74. The van der Waals surface area contributed by atoms with Crippen molar-refractivity contribution in [1.82, 2.24) is 0 Å². The highest BCUT2D eigenvalue weighted by molar-refractivity contribution is 5.67. The Morgan fingerprint density at radius 1 is 1.78 bits per heavy atom. The lowest BCUT2D eigenvalue weighted by Gasteiger charge is -2.01. The molecule has 0 aromatic rings. The smallest absolute Gasteiger partial charge is 0.303 e. The molecule has 0 bridgehead atoms. The minimum Gasteiger partial charge on any atom is -0.481 e. The molecule has 0 saturated heterocycles. The van der Waals surface area contributed by atoms with E-state index < -0.39 is 5.97 Å². The average molecular weight is 127 g/mol. The fraction of sp³-hybridized carbons (Fsp3) is 0.714. The highest BCUT2D eigenvalue weighted by Gasteiger charge is 2.17. The van der Waals surface area contributed by atoms with E-state index in [1.807, 2.05) is 0 Å². The molecule has 2 nitrogen and oxygen atoms in total. The van der Waals surface area contributed by atoms with Crippen LogP contribution in [0.2, 0.25) is 0 Å². The fourth-order valence-electron chi connectivity index (χ4n) is 1.26. The predicted molar refractivity (Wildman–Crippen MR) is 33.9 cm³/mol. The van der Waals surface area contributed by atoms with Gasteiger partial charge in [0.1, 0.15) is 0 Å². The maximum atomic E-state index is 10.1. The standard InChI is InChI=1S/C7H11O2/c8-7(9)5-6-3-1-2-4-6/h1,6H,2-5H2,(H,8,9). The number of rotatable bonds is 2. The van der Waals surface area contributed by atoms with Crippen molar-refractivity contribution in [2.24, 2.45) is 5.92 Å². The Morgan fingerprint density at radius 2 is 2.56 bits per heavy atom. The lowest BCUT2D eigenvalue weighted by Crippen LogP contribution is -2.02. The molecule has 0 heterocycles. The van der Waals surface area contributed by atoms with Crippen molar-refractivity contribution in [1.29, 1.82) is 0 Å². The van der Waals surface area contributed by atoms with Crippen LogP contribution in [0.4, 0.5) is 0 Å². The average Bonchev–Trinajstić information content (AvgIpc) is 2.15. The second-order valence-electron chi connectivity index (χ2n) is 2.57. The van der Waals surface area contributed by atoms with Gasteiger partial charge in [-0.1, -0.05) is 0 Å². The molecule has 9 heavy (non-hydrogen) atoms. The molecule has 1 fully saturated rings. The summed E-state index contributed by atoms with van der Waals surface area (Å²) in [5, 5.41) is 8.36. The number of hydrogen-bond donors (Lipinski definition) is 1. The van der Waals surface area contributed by atoms with Crippen molar-refractivity contribution >= 4 is 5.97 Å². The van der Waals surface area contributed by atoms with Gasteiger partial charge >= 0.3 is 5.97 Å². The molecule has 1 N–H and O–H groups in total. The topological polar surface area (TPSA) is 37.3 Å². The molecule has 2 heteroatoms. The Labute approximate surface area is 54.9 Å². The number of carboxylic acids is 1.